The average molecular weight is 355 g/mol. The molecule has 1 saturated carbocycles. The molecule has 2 heterocycles. The number of urea groups is 1. The normalized spacial score (nSPS) is 27.0. The lowest BCUT2D eigenvalue weighted by Crippen LogP contribution is -2.48. The van der Waals surface area contributed by atoms with Gasteiger partial charge in [-0.1, -0.05) is 30.3 Å². The van der Waals surface area contributed by atoms with Gasteiger partial charge in [-0.05, 0) is 50.0 Å². The van der Waals surface area contributed by atoms with E-state index in [4.69, 9.17) is 0 Å². The fourth-order valence-electron chi connectivity index (χ4n) is 4.22. The van der Waals surface area contributed by atoms with Crippen molar-refractivity contribution in [1.29, 1.82) is 0 Å². The van der Waals surface area contributed by atoms with Crippen molar-refractivity contribution in [2.24, 2.45) is 5.92 Å². The molecule has 0 bridgehead atoms. The van der Waals surface area contributed by atoms with E-state index in [-0.39, 0.29) is 24.3 Å². The molecule has 2 saturated heterocycles. The summed E-state index contributed by atoms with van der Waals surface area (Å²) < 4.78 is 0. The number of nitrogens with one attached hydrogen (secondary N) is 1. The second kappa shape index (κ2) is 6.41. The van der Waals surface area contributed by atoms with E-state index in [0.29, 0.717) is 19.0 Å². The van der Waals surface area contributed by atoms with Gasteiger partial charge in [0.25, 0.3) is 5.91 Å². The van der Waals surface area contributed by atoms with Crippen molar-refractivity contribution in [3.8, 4) is 0 Å². The largest absolute Gasteiger partial charge is 0.341 e. The Morgan fingerprint density at radius 2 is 1.77 bits per heavy atom. The quantitative estimate of drug-likeness (QED) is 0.841. The molecule has 1 aromatic rings. The number of carbonyl (C=O) groups is 3. The molecule has 1 atom stereocenters. The molecule has 4 amide bonds. The molecule has 1 aromatic carbocycles. The molecule has 0 spiro atoms. The second-order valence-corrected chi connectivity index (χ2v) is 7.86. The molecule has 1 aliphatic carbocycles. The van der Waals surface area contributed by atoms with Crippen molar-refractivity contribution in [2.45, 2.75) is 44.1 Å². The summed E-state index contributed by atoms with van der Waals surface area (Å²) in [7, 11) is 0. The Morgan fingerprint density at radius 1 is 1.12 bits per heavy atom. The summed E-state index contributed by atoms with van der Waals surface area (Å²) in [6.45, 7) is 2.97. The zero-order valence-electron chi connectivity index (χ0n) is 15.1. The van der Waals surface area contributed by atoms with Gasteiger partial charge in [-0.3, -0.25) is 14.5 Å². The third kappa shape index (κ3) is 2.97. The Kier molecular flexibility index (Phi) is 4.21. The van der Waals surface area contributed by atoms with Crippen molar-refractivity contribution in [2.75, 3.05) is 19.6 Å². The highest BCUT2D eigenvalue weighted by molar-refractivity contribution is 6.09. The first kappa shape index (κ1) is 17.1. The SMILES string of the molecule is CC1(C2CC2)NC(=O)N(CC(=O)N2CCC(c3ccccc3)CC2)C1=O. The summed E-state index contributed by atoms with van der Waals surface area (Å²) >= 11 is 0. The van der Waals surface area contributed by atoms with Crippen LogP contribution in [0.15, 0.2) is 30.3 Å². The monoisotopic (exact) mass is 355 g/mol. The summed E-state index contributed by atoms with van der Waals surface area (Å²) in [5.74, 6) is 0.286. The van der Waals surface area contributed by atoms with Crippen LogP contribution in [-0.4, -0.2) is 52.8 Å². The van der Waals surface area contributed by atoms with Gasteiger partial charge in [0.15, 0.2) is 0 Å². The standard InChI is InChI=1S/C20H25N3O3/c1-20(16-7-8-16)18(25)23(19(26)21-20)13-17(24)22-11-9-15(10-12-22)14-5-3-2-4-6-14/h2-6,15-16H,7-13H2,1H3,(H,21,26). The fourth-order valence-corrected chi connectivity index (χ4v) is 4.22. The van der Waals surface area contributed by atoms with E-state index in [2.05, 4.69) is 17.4 Å². The molecule has 2 aliphatic heterocycles. The van der Waals surface area contributed by atoms with Gasteiger partial charge in [-0.25, -0.2) is 4.79 Å². The van der Waals surface area contributed by atoms with Gasteiger partial charge in [0.1, 0.15) is 12.1 Å². The number of piperidine rings is 1. The highest BCUT2D eigenvalue weighted by Gasteiger charge is 2.56. The van der Waals surface area contributed by atoms with Crippen molar-refractivity contribution in [3.63, 3.8) is 0 Å². The molecule has 138 valence electrons. The van der Waals surface area contributed by atoms with Crippen molar-refractivity contribution < 1.29 is 14.4 Å². The molecule has 1 unspecified atom stereocenters. The lowest BCUT2D eigenvalue weighted by Gasteiger charge is -2.33. The minimum absolute atomic E-state index is 0.139. The van der Waals surface area contributed by atoms with Crippen molar-refractivity contribution >= 4 is 17.8 Å². The van der Waals surface area contributed by atoms with E-state index in [1.165, 1.54) is 5.56 Å². The number of amides is 4. The van der Waals surface area contributed by atoms with Gasteiger partial charge in [-0.15, -0.1) is 0 Å². The summed E-state index contributed by atoms with van der Waals surface area (Å²) in [5, 5.41) is 2.80. The van der Waals surface area contributed by atoms with Crippen LogP contribution in [0.1, 0.15) is 44.1 Å². The van der Waals surface area contributed by atoms with Crippen LogP contribution in [0.25, 0.3) is 0 Å². The van der Waals surface area contributed by atoms with Gasteiger partial charge in [-0.2, -0.15) is 0 Å². The third-order valence-electron chi connectivity index (χ3n) is 6.11. The highest BCUT2D eigenvalue weighted by atomic mass is 16.2. The van der Waals surface area contributed by atoms with Gasteiger partial charge in [0.2, 0.25) is 5.91 Å². The summed E-state index contributed by atoms with van der Waals surface area (Å²) in [6.07, 6.45) is 3.74. The van der Waals surface area contributed by atoms with E-state index >= 15 is 0 Å². The first-order valence-corrected chi connectivity index (χ1v) is 9.46. The molecule has 3 fully saturated rings. The first-order chi connectivity index (χ1) is 12.5. The molecule has 3 aliphatic rings. The van der Waals surface area contributed by atoms with Crippen LogP contribution >= 0.6 is 0 Å². The van der Waals surface area contributed by atoms with E-state index in [1.807, 2.05) is 18.2 Å². The molecule has 0 radical (unpaired) electrons. The lowest BCUT2D eigenvalue weighted by atomic mass is 9.89. The van der Waals surface area contributed by atoms with Gasteiger partial charge in [0.05, 0.1) is 0 Å². The number of hydrogen-bond acceptors (Lipinski definition) is 3. The Labute approximate surface area is 153 Å². The van der Waals surface area contributed by atoms with Crippen LogP contribution in [0.2, 0.25) is 0 Å². The number of carbonyl (C=O) groups excluding carboxylic acids is 3. The van der Waals surface area contributed by atoms with Crippen LogP contribution in [0.5, 0.6) is 0 Å². The molecular weight excluding hydrogens is 330 g/mol. The van der Waals surface area contributed by atoms with Crippen LogP contribution in [0.3, 0.4) is 0 Å². The predicted molar refractivity (Wildman–Crippen MR) is 96.4 cm³/mol. The van der Waals surface area contributed by atoms with Gasteiger partial charge < -0.3 is 10.2 Å². The van der Waals surface area contributed by atoms with Crippen LogP contribution < -0.4 is 5.32 Å². The highest BCUT2D eigenvalue weighted by Crippen LogP contribution is 2.42. The molecule has 4 rings (SSSR count). The minimum atomic E-state index is -0.822. The molecule has 0 aromatic heterocycles. The number of likely N-dealkylation sites (tertiary alicyclic amines) is 1. The van der Waals surface area contributed by atoms with Crippen LogP contribution in [0, 0.1) is 5.92 Å². The van der Waals surface area contributed by atoms with E-state index in [9.17, 15) is 14.4 Å². The molecule has 6 heteroatoms. The third-order valence-corrected chi connectivity index (χ3v) is 6.11. The second-order valence-electron chi connectivity index (χ2n) is 7.86. The number of nitrogens with zero attached hydrogens (tertiary/aromatic N) is 2. The maximum Gasteiger partial charge on any atom is 0.325 e. The molecule has 1 N–H and O–H groups in total. The van der Waals surface area contributed by atoms with E-state index in [0.717, 1.165) is 30.6 Å². The van der Waals surface area contributed by atoms with E-state index in [1.54, 1.807) is 11.8 Å². The lowest BCUT2D eigenvalue weighted by molar-refractivity contribution is -0.139. The summed E-state index contributed by atoms with van der Waals surface area (Å²) in [4.78, 5) is 40.4. The molecule has 6 nitrogen and oxygen atoms in total. The van der Waals surface area contributed by atoms with Gasteiger partial charge in [0, 0.05) is 13.1 Å². The number of imide groups is 1. The maximum absolute atomic E-state index is 12.6. The number of hydrogen-bond donors (Lipinski definition) is 1. The average Bonchev–Trinajstić information content (AvgIpc) is 3.49. The van der Waals surface area contributed by atoms with Crippen LogP contribution in [-0.2, 0) is 9.59 Å². The predicted octanol–water partition coefficient (Wildman–Crippen LogP) is 2.11. The summed E-state index contributed by atoms with van der Waals surface area (Å²) in [5.41, 5.74) is 0.492. The Hall–Kier alpha value is -2.37. The molecule has 26 heavy (non-hydrogen) atoms. The summed E-state index contributed by atoms with van der Waals surface area (Å²) in [6, 6.07) is 9.93. The van der Waals surface area contributed by atoms with Crippen molar-refractivity contribution in [3.05, 3.63) is 35.9 Å². The Balaban J connectivity index is 1.34. The smallest absolute Gasteiger partial charge is 0.325 e. The molecular formula is C20H25N3O3. The fraction of sp³-hybridized carbons (Fsp3) is 0.550. The minimum Gasteiger partial charge on any atom is -0.341 e. The topological polar surface area (TPSA) is 69.7 Å². The number of benzene rings is 1. The maximum atomic E-state index is 12.6. The number of rotatable bonds is 4. The zero-order valence-corrected chi connectivity index (χ0v) is 15.1. The first-order valence-electron chi connectivity index (χ1n) is 9.46. The Morgan fingerprint density at radius 3 is 2.38 bits per heavy atom. The van der Waals surface area contributed by atoms with E-state index < -0.39 is 11.6 Å². The Bertz CT molecular complexity index is 723. The van der Waals surface area contributed by atoms with Crippen molar-refractivity contribution in [1.82, 2.24) is 15.1 Å². The van der Waals surface area contributed by atoms with Crippen LogP contribution in [0.4, 0.5) is 4.79 Å². The zero-order chi connectivity index (χ0) is 18.3. The van der Waals surface area contributed by atoms with Gasteiger partial charge >= 0.3 is 6.03 Å².